The normalized spacial score (nSPS) is 15.6. The molecule has 0 aromatic heterocycles. The van der Waals surface area contributed by atoms with Gasteiger partial charge in [0.25, 0.3) is 0 Å². The van der Waals surface area contributed by atoms with Crippen LogP contribution in [0.15, 0.2) is 23.1 Å². The molecule has 0 amide bonds. The van der Waals surface area contributed by atoms with Crippen molar-refractivity contribution in [2.45, 2.75) is 29.9 Å². The molecule has 1 saturated carbocycles. The summed E-state index contributed by atoms with van der Waals surface area (Å²) >= 11 is 7.89. The number of hydrogen-bond acceptors (Lipinski definition) is 2. The zero-order valence-corrected chi connectivity index (χ0v) is 9.49. The number of benzene rings is 1. The van der Waals surface area contributed by atoms with E-state index in [4.69, 9.17) is 11.6 Å². The third kappa shape index (κ3) is 2.31. The highest BCUT2D eigenvalue weighted by Crippen LogP contribution is 2.41. The molecular weight excluding hydrogens is 216 g/mol. The number of halogens is 1. The topological polar surface area (TPSA) is 17.1 Å². The molecule has 14 heavy (non-hydrogen) atoms. The molecule has 1 fully saturated rings. The summed E-state index contributed by atoms with van der Waals surface area (Å²) in [5.74, 6) is 0.0647. The largest absolute Gasteiger partial charge is 0.295 e. The van der Waals surface area contributed by atoms with E-state index < -0.39 is 0 Å². The predicted molar refractivity (Wildman–Crippen MR) is 60.3 cm³/mol. The molecule has 1 aromatic rings. The molecule has 0 aliphatic heterocycles. The SMILES string of the molecule is CC(=O)c1ccc(SC2CC2)c(Cl)c1. The molecule has 0 unspecified atom stereocenters. The maximum Gasteiger partial charge on any atom is 0.159 e. The summed E-state index contributed by atoms with van der Waals surface area (Å²) in [6.07, 6.45) is 2.57. The average molecular weight is 227 g/mol. The monoisotopic (exact) mass is 226 g/mol. The van der Waals surface area contributed by atoms with Crippen LogP contribution < -0.4 is 0 Å². The molecule has 1 nitrogen and oxygen atoms in total. The highest BCUT2D eigenvalue weighted by Gasteiger charge is 2.23. The lowest BCUT2D eigenvalue weighted by atomic mass is 10.1. The fourth-order valence-corrected chi connectivity index (χ4v) is 2.54. The molecule has 74 valence electrons. The lowest BCUT2D eigenvalue weighted by Crippen LogP contribution is -1.91. The van der Waals surface area contributed by atoms with Gasteiger partial charge in [-0.25, -0.2) is 0 Å². The van der Waals surface area contributed by atoms with Crippen molar-refractivity contribution in [1.82, 2.24) is 0 Å². The van der Waals surface area contributed by atoms with Gasteiger partial charge in [-0.05, 0) is 31.9 Å². The molecular formula is C11H11ClOS. The molecule has 0 heterocycles. The number of carbonyl (C=O) groups excluding carboxylic acids is 1. The molecule has 0 spiro atoms. The Bertz CT molecular complexity index is 372. The van der Waals surface area contributed by atoms with Crippen LogP contribution in [-0.2, 0) is 0 Å². The second-order valence-corrected chi connectivity index (χ2v) is 5.27. The fourth-order valence-electron chi connectivity index (χ4n) is 1.18. The van der Waals surface area contributed by atoms with Crippen LogP contribution >= 0.6 is 23.4 Å². The van der Waals surface area contributed by atoms with E-state index in [2.05, 4.69) is 0 Å². The van der Waals surface area contributed by atoms with Gasteiger partial charge in [0.05, 0.1) is 5.02 Å². The van der Waals surface area contributed by atoms with E-state index in [-0.39, 0.29) is 5.78 Å². The van der Waals surface area contributed by atoms with Gasteiger partial charge >= 0.3 is 0 Å². The molecule has 0 N–H and O–H groups in total. The van der Waals surface area contributed by atoms with Crippen LogP contribution in [0.4, 0.5) is 0 Å². The number of rotatable bonds is 3. The lowest BCUT2D eigenvalue weighted by molar-refractivity contribution is 0.101. The van der Waals surface area contributed by atoms with Crippen LogP contribution in [-0.4, -0.2) is 11.0 Å². The van der Waals surface area contributed by atoms with E-state index in [1.807, 2.05) is 23.9 Å². The quantitative estimate of drug-likeness (QED) is 0.730. The number of ketones is 1. The third-order valence-electron chi connectivity index (χ3n) is 2.16. The first-order valence-corrected chi connectivity index (χ1v) is 5.90. The molecule has 0 saturated heterocycles. The molecule has 2 rings (SSSR count). The van der Waals surface area contributed by atoms with Crippen molar-refractivity contribution < 1.29 is 4.79 Å². The minimum absolute atomic E-state index is 0.0647. The van der Waals surface area contributed by atoms with Gasteiger partial charge in [-0.3, -0.25) is 4.79 Å². The zero-order valence-electron chi connectivity index (χ0n) is 7.92. The summed E-state index contributed by atoms with van der Waals surface area (Å²) < 4.78 is 0. The Morgan fingerprint density at radius 3 is 2.71 bits per heavy atom. The fraction of sp³-hybridized carbons (Fsp3) is 0.364. The van der Waals surface area contributed by atoms with Crippen LogP contribution in [0.2, 0.25) is 5.02 Å². The molecule has 0 bridgehead atoms. The molecule has 0 radical (unpaired) electrons. The highest BCUT2D eigenvalue weighted by atomic mass is 35.5. The lowest BCUT2D eigenvalue weighted by Gasteiger charge is -2.03. The van der Waals surface area contributed by atoms with Gasteiger partial charge in [0, 0.05) is 15.7 Å². The van der Waals surface area contributed by atoms with E-state index in [9.17, 15) is 4.79 Å². The molecule has 1 aromatic carbocycles. The Kier molecular flexibility index (Phi) is 2.84. The molecule has 1 aliphatic rings. The van der Waals surface area contributed by atoms with Crippen LogP contribution in [0, 0.1) is 0 Å². The minimum atomic E-state index is 0.0647. The van der Waals surface area contributed by atoms with Crippen LogP contribution in [0.1, 0.15) is 30.1 Å². The molecule has 0 atom stereocenters. The average Bonchev–Trinajstić information content (AvgIpc) is 2.92. The van der Waals surface area contributed by atoms with Crippen molar-refractivity contribution in [3.05, 3.63) is 28.8 Å². The van der Waals surface area contributed by atoms with Crippen molar-refractivity contribution in [1.29, 1.82) is 0 Å². The summed E-state index contributed by atoms with van der Waals surface area (Å²) in [6, 6.07) is 5.55. The zero-order chi connectivity index (χ0) is 10.1. The van der Waals surface area contributed by atoms with E-state index in [1.54, 1.807) is 13.0 Å². The van der Waals surface area contributed by atoms with Gasteiger partial charge in [-0.2, -0.15) is 0 Å². The summed E-state index contributed by atoms with van der Waals surface area (Å²) in [4.78, 5) is 12.2. The Hall–Kier alpha value is -0.470. The summed E-state index contributed by atoms with van der Waals surface area (Å²) in [7, 11) is 0. The second kappa shape index (κ2) is 3.95. The van der Waals surface area contributed by atoms with Gasteiger partial charge in [0.2, 0.25) is 0 Å². The van der Waals surface area contributed by atoms with Gasteiger partial charge in [0.15, 0.2) is 5.78 Å². The highest BCUT2D eigenvalue weighted by molar-refractivity contribution is 8.00. The summed E-state index contributed by atoms with van der Waals surface area (Å²) in [5, 5.41) is 1.45. The van der Waals surface area contributed by atoms with Crippen LogP contribution in [0.5, 0.6) is 0 Å². The number of Topliss-reactive ketones (excluding diaryl/α,β-unsaturated/α-hetero) is 1. The van der Waals surface area contributed by atoms with Crippen molar-refractivity contribution >= 4 is 29.1 Å². The van der Waals surface area contributed by atoms with Gasteiger partial charge in [-0.15, -0.1) is 11.8 Å². The van der Waals surface area contributed by atoms with Gasteiger partial charge in [0.1, 0.15) is 0 Å². The van der Waals surface area contributed by atoms with Crippen LogP contribution in [0.25, 0.3) is 0 Å². The van der Waals surface area contributed by atoms with Crippen molar-refractivity contribution in [3.63, 3.8) is 0 Å². The first-order valence-electron chi connectivity index (χ1n) is 4.64. The number of carbonyl (C=O) groups is 1. The van der Waals surface area contributed by atoms with E-state index in [1.165, 1.54) is 12.8 Å². The standard InChI is InChI=1S/C11H11ClOS/c1-7(13)8-2-5-11(10(12)6-8)14-9-3-4-9/h2,5-6,9H,3-4H2,1H3. The predicted octanol–water partition coefficient (Wildman–Crippen LogP) is 3.80. The minimum Gasteiger partial charge on any atom is -0.295 e. The van der Waals surface area contributed by atoms with Crippen molar-refractivity contribution in [3.8, 4) is 0 Å². The maximum atomic E-state index is 11.1. The van der Waals surface area contributed by atoms with Gasteiger partial charge in [-0.1, -0.05) is 17.7 Å². The Morgan fingerprint density at radius 2 is 2.21 bits per heavy atom. The van der Waals surface area contributed by atoms with Gasteiger partial charge < -0.3 is 0 Å². The maximum absolute atomic E-state index is 11.1. The molecule has 1 aliphatic carbocycles. The van der Waals surface area contributed by atoms with E-state index >= 15 is 0 Å². The second-order valence-electron chi connectivity index (χ2n) is 3.52. The smallest absolute Gasteiger partial charge is 0.159 e. The van der Waals surface area contributed by atoms with E-state index in [0.29, 0.717) is 10.6 Å². The van der Waals surface area contributed by atoms with Crippen molar-refractivity contribution in [2.75, 3.05) is 0 Å². The number of thioether (sulfide) groups is 1. The third-order valence-corrected chi connectivity index (χ3v) is 4.00. The first-order chi connectivity index (χ1) is 6.66. The number of hydrogen-bond donors (Lipinski definition) is 0. The van der Waals surface area contributed by atoms with Crippen LogP contribution in [0.3, 0.4) is 0 Å². The Morgan fingerprint density at radius 1 is 1.50 bits per heavy atom. The summed E-state index contributed by atoms with van der Waals surface area (Å²) in [5.41, 5.74) is 0.690. The summed E-state index contributed by atoms with van der Waals surface area (Å²) in [6.45, 7) is 1.55. The van der Waals surface area contributed by atoms with Crippen molar-refractivity contribution in [2.24, 2.45) is 0 Å². The van der Waals surface area contributed by atoms with E-state index in [0.717, 1.165) is 10.1 Å². The molecule has 3 heteroatoms. The Labute approximate surface area is 92.8 Å². The Balaban J connectivity index is 2.21. The first kappa shape index (κ1) is 10.1.